The number of nitrogens with zero attached hydrogens (tertiary/aromatic N) is 3. The summed E-state index contributed by atoms with van der Waals surface area (Å²) in [6, 6.07) is 7.68. The Balaban J connectivity index is 1.58. The summed E-state index contributed by atoms with van der Waals surface area (Å²) in [5.74, 6) is -0.421. The van der Waals surface area contributed by atoms with Gasteiger partial charge < -0.3 is 4.74 Å². The fraction of sp³-hybridized carbons (Fsp3) is 0.238. The summed E-state index contributed by atoms with van der Waals surface area (Å²) in [5.41, 5.74) is 2.35. The van der Waals surface area contributed by atoms with E-state index in [9.17, 15) is 9.59 Å². The smallest absolute Gasteiger partial charge is 0.348 e. The molecule has 0 fully saturated rings. The Morgan fingerprint density at radius 1 is 1.27 bits per heavy atom. The number of esters is 1. The third-order valence-electron chi connectivity index (χ3n) is 4.58. The van der Waals surface area contributed by atoms with Crippen molar-refractivity contribution in [3.05, 3.63) is 78.1 Å². The molecule has 0 aliphatic heterocycles. The molecule has 0 N–H and O–H groups in total. The Labute approximate surface area is 185 Å². The summed E-state index contributed by atoms with van der Waals surface area (Å²) >= 11 is 8.68. The Morgan fingerprint density at radius 3 is 2.77 bits per heavy atom. The number of thiazole rings is 1. The minimum absolute atomic E-state index is 0.184. The molecule has 30 heavy (non-hydrogen) atoms. The van der Waals surface area contributed by atoms with E-state index in [0.717, 1.165) is 16.3 Å². The predicted octanol–water partition coefficient (Wildman–Crippen LogP) is 4.69. The van der Waals surface area contributed by atoms with Crippen LogP contribution in [0.2, 0.25) is 5.02 Å². The zero-order valence-electron chi connectivity index (χ0n) is 16.3. The Morgan fingerprint density at radius 2 is 2.03 bits per heavy atom. The van der Waals surface area contributed by atoms with Gasteiger partial charge in [-0.15, -0.1) is 22.7 Å². The summed E-state index contributed by atoms with van der Waals surface area (Å²) in [6.07, 6.45) is 2.22. The lowest BCUT2D eigenvalue weighted by molar-refractivity contribution is 0.0531. The fourth-order valence-corrected chi connectivity index (χ4v) is 5.10. The van der Waals surface area contributed by atoms with Crippen LogP contribution >= 0.6 is 34.3 Å². The molecule has 0 amide bonds. The van der Waals surface area contributed by atoms with Crippen molar-refractivity contribution >= 4 is 50.5 Å². The molecule has 4 aromatic rings. The second-order valence-electron chi connectivity index (χ2n) is 6.67. The molecule has 6 nitrogen and oxygen atoms in total. The summed E-state index contributed by atoms with van der Waals surface area (Å²) in [7, 11) is 0. The summed E-state index contributed by atoms with van der Waals surface area (Å²) in [4.78, 5) is 35.1. The van der Waals surface area contributed by atoms with Gasteiger partial charge in [0.25, 0.3) is 5.56 Å². The number of hydrogen-bond donors (Lipinski definition) is 0. The lowest BCUT2D eigenvalue weighted by atomic mass is 10.2. The largest absolute Gasteiger partial charge is 0.462 e. The number of thiophene rings is 1. The molecule has 4 rings (SSSR count). The van der Waals surface area contributed by atoms with E-state index in [1.807, 2.05) is 29.6 Å². The van der Waals surface area contributed by atoms with Gasteiger partial charge in [0.15, 0.2) is 0 Å². The highest BCUT2D eigenvalue weighted by molar-refractivity contribution is 7.20. The third-order valence-corrected chi connectivity index (χ3v) is 6.91. The van der Waals surface area contributed by atoms with Crippen LogP contribution in [0.15, 0.2) is 40.8 Å². The molecule has 1 aromatic carbocycles. The molecule has 0 spiro atoms. The number of carbonyl (C=O) groups excluding carboxylic acids is 1. The minimum Gasteiger partial charge on any atom is -0.462 e. The number of halogens is 1. The fourth-order valence-electron chi connectivity index (χ4n) is 3.12. The molecule has 0 atom stereocenters. The standard InChI is InChI=1S/C21H18ClN3O3S2/c1-3-28-21(27)18-12(2)17-19(30-18)23-11-25(20(17)26)9-15-10-29-16(24-15)8-13-4-6-14(22)7-5-13/h4-7,10-11H,3,8-9H2,1-2H3. The molecule has 0 unspecified atom stereocenters. The quantitative estimate of drug-likeness (QED) is 0.391. The van der Waals surface area contributed by atoms with Crippen molar-refractivity contribution in [2.45, 2.75) is 26.8 Å². The van der Waals surface area contributed by atoms with Gasteiger partial charge >= 0.3 is 5.97 Å². The molecule has 0 radical (unpaired) electrons. The first-order valence-corrected chi connectivity index (χ1v) is 11.4. The average Bonchev–Trinajstić information content (AvgIpc) is 3.30. The first-order chi connectivity index (χ1) is 14.5. The molecular formula is C21H18ClN3O3S2. The summed E-state index contributed by atoms with van der Waals surface area (Å²) < 4.78 is 6.61. The van der Waals surface area contributed by atoms with Crippen LogP contribution in [0, 0.1) is 6.92 Å². The first kappa shape index (κ1) is 20.7. The summed E-state index contributed by atoms with van der Waals surface area (Å²) in [5, 5.41) is 4.08. The van der Waals surface area contributed by atoms with Crippen molar-refractivity contribution in [3.63, 3.8) is 0 Å². The van der Waals surface area contributed by atoms with E-state index in [-0.39, 0.29) is 12.2 Å². The van der Waals surface area contributed by atoms with E-state index in [4.69, 9.17) is 16.3 Å². The maximum Gasteiger partial charge on any atom is 0.348 e. The highest BCUT2D eigenvalue weighted by atomic mass is 35.5. The average molecular weight is 460 g/mol. The van der Waals surface area contributed by atoms with E-state index in [0.29, 0.717) is 38.6 Å². The number of fused-ring (bicyclic) bond motifs is 1. The van der Waals surface area contributed by atoms with E-state index < -0.39 is 5.97 Å². The zero-order valence-corrected chi connectivity index (χ0v) is 18.7. The zero-order chi connectivity index (χ0) is 21.3. The van der Waals surface area contributed by atoms with Crippen molar-refractivity contribution in [3.8, 4) is 0 Å². The van der Waals surface area contributed by atoms with Crippen molar-refractivity contribution in [2.24, 2.45) is 0 Å². The van der Waals surface area contributed by atoms with Crippen molar-refractivity contribution < 1.29 is 9.53 Å². The third kappa shape index (κ3) is 4.16. The maximum atomic E-state index is 13.0. The highest BCUT2D eigenvalue weighted by Gasteiger charge is 2.20. The molecule has 0 saturated carbocycles. The monoisotopic (exact) mass is 459 g/mol. The second kappa shape index (κ2) is 8.67. The molecule has 154 valence electrons. The molecule has 0 saturated heterocycles. The van der Waals surface area contributed by atoms with E-state index in [1.165, 1.54) is 22.2 Å². The molecule has 3 heterocycles. The van der Waals surface area contributed by atoms with Gasteiger partial charge in [-0.25, -0.2) is 14.8 Å². The van der Waals surface area contributed by atoms with Crippen molar-refractivity contribution in [1.29, 1.82) is 0 Å². The number of aromatic nitrogens is 3. The van der Waals surface area contributed by atoms with Crippen LogP contribution in [-0.2, 0) is 17.7 Å². The van der Waals surface area contributed by atoms with Crippen LogP contribution < -0.4 is 5.56 Å². The van der Waals surface area contributed by atoms with E-state index >= 15 is 0 Å². The van der Waals surface area contributed by atoms with Crippen LogP contribution in [0.4, 0.5) is 0 Å². The summed E-state index contributed by atoms with van der Waals surface area (Å²) in [6.45, 7) is 4.11. The highest BCUT2D eigenvalue weighted by Crippen LogP contribution is 2.27. The topological polar surface area (TPSA) is 74.1 Å². The maximum absolute atomic E-state index is 13.0. The van der Waals surface area contributed by atoms with Crippen LogP contribution in [-0.4, -0.2) is 27.1 Å². The molecule has 9 heteroatoms. The van der Waals surface area contributed by atoms with Crippen molar-refractivity contribution in [2.75, 3.05) is 6.61 Å². The molecule has 0 aliphatic rings. The molecule has 0 aliphatic carbocycles. The van der Waals surface area contributed by atoms with Crippen LogP contribution in [0.3, 0.4) is 0 Å². The van der Waals surface area contributed by atoms with Gasteiger partial charge in [-0.2, -0.15) is 0 Å². The number of aryl methyl sites for hydroxylation is 1. The van der Waals surface area contributed by atoms with E-state index in [2.05, 4.69) is 9.97 Å². The van der Waals surface area contributed by atoms with Gasteiger partial charge in [0, 0.05) is 16.8 Å². The normalized spacial score (nSPS) is 11.2. The Kier molecular flexibility index (Phi) is 5.99. The number of carbonyl (C=O) groups is 1. The number of rotatable bonds is 6. The van der Waals surface area contributed by atoms with Gasteiger partial charge in [0.2, 0.25) is 0 Å². The SMILES string of the molecule is CCOC(=O)c1sc2ncn(Cc3csc(Cc4ccc(Cl)cc4)n3)c(=O)c2c1C. The Bertz CT molecular complexity index is 1280. The van der Waals surface area contributed by atoms with Gasteiger partial charge in [0.1, 0.15) is 9.71 Å². The Hall–Kier alpha value is -2.55. The van der Waals surface area contributed by atoms with Crippen LogP contribution in [0.5, 0.6) is 0 Å². The van der Waals surface area contributed by atoms with Crippen LogP contribution in [0.1, 0.15) is 38.4 Å². The van der Waals surface area contributed by atoms with Gasteiger partial charge in [-0.3, -0.25) is 9.36 Å². The second-order valence-corrected chi connectivity index (χ2v) is 9.05. The van der Waals surface area contributed by atoms with E-state index in [1.54, 1.807) is 25.2 Å². The van der Waals surface area contributed by atoms with Gasteiger partial charge in [-0.05, 0) is 37.1 Å². The van der Waals surface area contributed by atoms with Gasteiger partial charge in [0.05, 0.1) is 35.6 Å². The van der Waals surface area contributed by atoms with Gasteiger partial charge in [-0.1, -0.05) is 23.7 Å². The molecule has 3 aromatic heterocycles. The predicted molar refractivity (Wildman–Crippen MR) is 120 cm³/mol. The van der Waals surface area contributed by atoms with Crippen LogP contribution in [0.25, 0.3) is 10.2 Å². The molecular weight excluding hydrogens is 442 g/mol. The molecule has 0 bridgehead atoms. The lowest BCUT2D eigenvalue weighted by Crippen LogP contribution is -2.21. The minimum atomic E-state index is -0.421. The lowest BCUT2D eigenvalue weighted by Gasteiger charge is -2.03. The number of ether oxygens (including phenoxy) is 1. The number of hydrogen-bond acceptors (Lipinski definition) is 7. The van der Waals surface area contributed by atoms with Crippen molar-refractivity contribution in [1.82, 2.24) is 14.5 Å². The first-order valence-electron chi connectivity index (χ1n) is 9.29. The number of benzene rings is 1.